The van der Waals surface area contributed by atoms with E-state index in [4.69, 9.17) is 14.6 Å². The minimum absolute atomic E-state index is 0.107. The Morgan fingerprint density at radius 3 is 2.70 bits per heavy atom. The first-order valence-corrected chi connectivity index (χ1v) is 7.84. The normalized spacial score (nSPS) is 23.9. The van der Waals surface area contributed by atoms with Gasteiger partial charge in [0.1, 0.15) is 11.4 Å². The summed E-state index contributed by atoms with van der Waals surface area (Å²) in [5, 5.41) is 18.9. The smallest absolute Gasteiger partial charge is 0.303 e. The predicted molar refractivity (Wildman–Crippen MR) is 86.1 cm³/mol. The molecule has 2 N–H and O–H groups in total. The Bertz CT molecular complexity index is 579. The topological polar surface area (TPSA) is 76.0 Å². The largest absolute Gasteiger partial charge is 0.508 e. The Balaban J connectivity index is 2.22. The molecule has 0 amide bonds. The maximum Gasteiger partial charge on any atom is 0.303 e. The highest BCUT2D eigenvalue weighted by atomic mass is 16.7. The highest BCUT2D eigenvalue weighted by Gasteiger charge is 2.43. The van der Waals surface area contributed by atoms with E-state index >= 15 is 0 Å². The van der Waals surface area contributed by atoms with Crippen molar-refractivity contribution in [2.24, 2.45) is 0 Å². The summed E-state index contributed by atoms with van der Waals surface area (Å²) >= 11 is 0. The minimum Gasteiger partial charge on any atom is -0.508 e. The monoisotopic (exact) mass is 320 g/mol. The summed E-state index contributed by atoms with van der Waals surface area (Å²) in [5.74, 6) is -1.35. The highest BCUT2D eigenvalue weighted by molar-refractivity contribution is 5.66. The number of hydrogen-bond acceptors (Lipinski definition) is 4. The summed E-state index contributed by atoms with van der Waals surface area (Å²) < 4.78 is 11.8. The second-order valence-electron chi connectivity index (χ2n) is 6.22. The summed E-state index contributed by atoms with van der Waals surface area (Å²) in [4.78, 5) is 10.6. The molecule has 1 saturated heterocycles. The molecule has 1 aromatic carbocycles. The molecule has 0 radical (unpaired) electrons. The molecule has 126 valence electrons. The number of carbonyl (C=O) groups is 1. The Morgan fingerprint density at radius 2 is 2.04 bits per heavy atom. The Labute approximate surface area is 136 Å². The van der Waals surface area contributed by atoms with E-state index in [2.05, 4.69) is 0 Å². The molecule has 1 atom stereocenters. The van der Waals surface area contributed by atoms with Crippen LogP contribution in [-0.4, -0.2) is 28.6 Å². The fourth-order valence-electron chi connectivity index (χ4n) is 2.91. The van der Waals surface area contributed by atoms with Gasteiger partial charge < -0.3 is 19.7 Å². The molecular formula is C18H24O5. The van der Waals surface area contributed by atoms with Crippen LogP contribution in [0.25, 0.3) is 0 Å². The summed E-state index contributed by atoms with van der Waals surface area (Å²) in [6.07, 6.45) is 5.54. The van der Waals surface area contributed by atoms with Crippen LogP contribution in [0.15, 0.2) is 36.4 Å². The molecule has 1 aliphatic heterocycles. The van der Waals surface area contributed by atoms with Gasteiger partial charge >= 0.3 is 5.97 Å². The molecule has 0 bridgehead atoms. The lowest BCUT2D eigenvalue weighted by atomic mass is 9.85. The summed E-state index contributed by atoms with van der Waals surface area (Å²) in [5.41, 5.74) is 0.0616. The van der Waals surface area contributed by atoms with Gasteiger partial charge in [-0.3, -0.25) is 4.79 Å². The van der Waals surface area contributed by atoms with Gasteiger partial charge in [0, 0.05) is 18.4 Å². The number of aromatic hydroxyl groups is 1. The van der Waals surface area contributed by atoms with Crippen molar-refractivity contribution in [3.63, 3.8) is 0 Å². The third-order valence-electron chi connectivity index (χ3n) is 3.93. The van der Waals surface area contributed by atoms with Crippen molar-refractivity contribution in [3.05, 3.63) is 42.0 Å². The average molecular weight is 320 g/mol. The van der Waals surface area contributed by atoms with Crippen LogP contribution in [-0.2, 0) is 19.9 Å². The predicted octanol–water partition coefficient (Wildman–Crippen LogP) is 3.57. The molecule has 23 heavy (non-hydrogen) atoms. The highest BCUT2D eigenvalue weighted by Crippen LogP contribution is 2.44. The van der Waals surface area contributed by atoms with Crippen LogP contribution in [0.3, 0.4) is 0 Å². The van der Waals surface area contributed by atoms with Crippen molar-refractivity contribution in [1.82, 2.24) is 0 Å². The van der Waals surface area contributed by atoms with Crippen LogP contribution in [0.5, 0.6) is 5.75 Å². The molecule has 5 heteroatoms. The maximum absolute atomic E-state index is 10.6. The van der Waals surface area contributed by atoms with E-state index in [-0.39, 0.29) is 12.2 Å². The summed E-state index contributed by atoms with van der Waals surface area (Å²) in [6.45, 7) is 4.24. The Kier molecular flexibility index (Phi) is 5.44. The number of aliphatic carboxylic acids is 1. The molecule has 1 heterocycles. The van der Waals surface area contributed by atoms with E-state index in [0.29, 0.717) is 25.9 Å². The lowest BCUT2D eigenvalue weighted by Crippen LogP contribution is -2.46. The molecule has 0 aromatic heterocycles. The summed E-state index contributed by atoms with van der Waals surface area (Å²) in [7, 11) is 0. The number of ether oxygens (including phenoxy) is 2. The molecule has 2 rings (SSSR count). The van der Waals surface area contributed by atoms with Gasteiger partial charge in [-0.2, -0.15) is 0 Å². The second kappa shape index (κ2) is 7.15. The fourth-order valence-corrected chi connectivity index (χ4v) is 2.91. The first-order chi connectivity index (χ1) is 10.8. The zero-order chi connectivity index (χ0) is 16.9. The average Bonchev–Trinajstić information content (AvgIpc) is 2.46. The lowest BCUT2D eigenvalue weighted by Gasteiger charge is -2.45. The first kappa shape index (κ1) is 17.5. The van der Waals surface area contributed by atoms with E-state index in [0.717, 1.165) is 5.56 Å². The number of carboxylic acid groups (broad SMARTS) is 1. The van der Waals surface area contributed by atoms with Gasteiger partial charge in [0.25, 0.3) is 0 Å². The van der Waals surface area contributed by atoms with Crippen molar-refractivity contribution in [3.8, 4) is 5.75 Å². The standard InChI is InChI=1S/C18H24O5/c1-17(2)22-13-12-18(23-17,11-7-3-4-10-16(20)21)14-8-5-6-9-15(14)19/h3,5-9,19H,4,10-13H2,1-2H3,(H,20,21). The Morgan fingerprint density at radius 1 is 1.30 bits per heavy atom. The fraction of sp³-hybridized carbons (Fsp3) is 0.500. The second-order valence-corrected chi connectivity index (χ2v) is 6.22. The zero-order valence-electron chi connectivity index (χ0n) is 13.6. The van der Waals surface area contributed by atoms with Gasteiger partial charge in [-0.25, -0.2) is 0 Å². The van der Waals surface area contributed by atoms with Gasteiger partial charge in [0.05, 0.1) is 6.61 Å². The number of phenolic OH excluding ortho intramolecular Hbond substituents is 1. The molecule has 0 aliphatic carbocycles. The van der Waals surface area contributed by atoms with Crippen molar-refractivity contribution in [2.45, 2.75) is 50.9 Å². The van der Waals surface area contributed by atoms with E-state index in [1.165, 1.54) is 0 Å². The van der Waals surface area contributed by atoms with Gasteiger partial charge in [-0.05, 0) is 32.8 Å². The molecular weight excluding hydrogens is 296 g/mol. The van der Waals surface area contributed by atoms with Gasteiger partial charge in [-0.1, -0.05) is 30.4 Å². The SMILES string of the molecule is CC1(C)OCCC(CC=CCCC(=O)O)(c2ccccc2O)O1. The third kappa shape index (κ3) is 4.56. The van der Waals surface area contributed by atoms with Crippen LogP contribution in [0.1, 0.15) is 45.1 Å². The van der Waals surface area contributed by atoms with Crippen molar-refractivity contribution < 1.29 is 24.5 Å². The number of carboxylic acids is 1. The number of hydrogen-bond donors (Lipinski definition) is 2. The first-order valence-electron chi connectivity index (χ1n) is 7.84. The van der Waals surface area contributed by atoms with Crippen LogP contribution < -0.4 is 0 Å². The summed E-state index contributed by atoms with van der Waals surface area (Å²) in [6, 6.07) is 7.16. The van der Waals surface area contributed by atoms with Crippen molar-refractivity contribution in [2.75, 3.05) is 6.61 Å². The van der Waals surface area contributed by atoms with Crippen LogP contribution >= 0.6 is 0 Å². The number of phenols is 1. The number of rotatable bonds is 6. The molecule has 5 nitrogen and oxygen atoms in total. The molecule has 1 aliphatic rings. The number of para-hydroxylation sites is 1. The van der Waals surface area contributed by atoms with E-state index in [1.807, 2.05) is 38.1 Å². The lowest BCUT2D eigenvalue weighted by molar-refractivity contribution is -0.315. The maximum atomic E-state index is 10.6. The van der Waals surface area contributed by atoms with Gasteiger partial charge in [0.15, 0.2) is 5.79 Å². The van der Waals surface area contributed by atoms with E-state index < -0.39 is 17.4 Å². The van der Waals surface area contributed by atoms with E-state index in [1.54, 1.807) is 12.1 Å². The van der Waals surface area contributed by atoms with Crippen LogP contribution in [0, 0.1) is 0 Å². The van der Waals surface area contributed by atoms with Gasteiger partial charge in [0.2, 0.25) is 0 Å². The molecule has 1 fully saturated rings. The zero-order valence-corrected chi connectivity index (χ0v) is 13.6. The van der Waals surface area contributed by atoms with Crippen molar-refractivity contribution in [1.29, 1.82) is 0 Å². The molecule has 1 aromatic rings. The van der Waals surface area contributed by atoms with Crippen molar-refractivity contribution >= 4 is 5.97 Å². The van der Waals surface area contributed by atoms with Crippen LogP contribution in [0.2, 0.25) is 0 Å². The quantitative estimate of drug-likeness (QED) is 0.784. The number of benzene rings is 1. The van der Waals surface area contributed by atoms with Gasteiger partial charge in [-0.15, -0.1) is 0 Å². The molecule has 1 unspecified atom stereocenters. The third-order valence-corrected chi connectivity index (χ3v) is 3.93. The molecule has 0 saturated carbocycles. The Hall–Kier alpha value is -1.85. The van der Waals surface area contributed by atoms with E-state index in [9.17, 15) is 9.90 Å². The number of allylic oxidation sites excluding steroid dienone is 1. The van der Waals surface area contributed by atoms with Crippen LogP contribution in [0.4, 0.5) is 0 Å². The minimum atomic E-state index is -0.812. The molecule has 0 spiro atoms.